The molecule has 0 bridgehead atoms. The zero-order chi connectivity index (χ0) is 20.0. The fraction of sp³-hybridized carbons (Fsp3) is 0.350. The van der Waals surface area contributed by atoms with Crippen molar-refractivity contribution in [1.29, 1.82) is 0 Å². The lowest BCUT2D eigenvalue weighted by Gasteiger charge is -2.26. The molecule has 1 unspecified atom stereocenters. The maximum Gasteiger partial charge on any atom is 0.261 e. The highest BCUT2D eigenvalue weighted by Crippen LogP contribution is 2.32. The summed E-state index contributed by atoms with van der Waals surface area (Å²) in [6, 6.07) is 6.74. The first-order chi connectivity index (χ1) is 14.1. The van der Waals surface area contributed by atoms with E-state index < -0.39 is 18.5 Å². The Morgan fingerprint density at radius 1 is 1.24 bits per heavy atom. The fourth-order valence-electron chi connectivity index (χ4n) is 4.12. The summed E-state index contributed by atoms with van der Waals surface area (Å²) in [5, 5.41) is 2.35. The number of alkyl halides is 2. The predicted octanol–water partition coefficient (Wildman–Crippen LogP) is 3.71. The monoisotopic (exact) mass is 415 g/mol. The van der Waals surface area contributed by atoms with Crippen molar-refractivity contribution in [2.75, 3.05) is 6.54 Å². The second-order valence-electron chi connectivity index (χ2n) is 7.25. The molecular weight excluding hydrogens is 396 g/mol. The number of para-hydroxylation sites is 1. The summed E-state index contributed by atoms with van der Waals surface area (Å²) in [4.78, 5) is 25.4. The van der Waals surface area contributed by atoms with Gasteiger partial charge in [-0.25, -0.2) is 18.7 Å². The van der Waals surface area contributed by atoms with Crippen molar-refractivity contribution in [2.24, 2.45) is 0 Å². The van der Waals surface area contributed by atoms with E-state index in [4.69, 9.17) is 0 Å². The molecule has 4 aromatic rings. The normalized spacial score (nSPS) is 17.8. The maximum absolute atomic E-state index is 13.3. The van der Waals surface area contributed by atoms with Crippen LogP contribution < -0.4 is 5.56 Å². The quantitative estimate of drug-likeness (QED) is 0.499. The molecule has 1 atom stereocenters. The van der Waals surface area contributed by atoms with E-state index in [-0.39, 0.29) is 6.04 Å². The van der Waals surface area contributed by atoms with Crippen LogP contribution in [0.3, 0.4) is 0 Å². The van der Waals surface area contributed by atoms with E-state index in [1.165, 1.54) is 4.57 Å². The van der Waals surface area contributed by atoms with Crippen molar-refractivity contribution in [3.8, 4) is 0 Å². The fourth-order valence-corrected chi connectivity index (χ4v) is 4.84. The highest BCUT2D eigenvalue weighted by atomic mass is 32.1. The van der Waals surface area contributed by atoms with Gasteiger partial charge in [-0.15, -0.1) is 11.3 Å². The molecule has 3 aromatic heterocycles. The summed E-state index contributed by atoms with van der Waals surface area (Å²) in [7, 11) is 0. The van der Waals surface area contributed by atoms with E-state index in [1.54, 1.807) is 35.6 Å². The number of imidazole rings is 1. The Bertz CT molecular complexity index is 1200. The predicted molar refractivity (Wildman–Crippen MR) is 107 cm³/mol. The van der Waals surface area contributed by atoms with Gasteiger partial charge in [-0.2, -0.15) is 0 Å². The van der Waals surface area contributed by atoms with Crippen molar-refractivity contribution in [1.82, 2.24) is 23.8 Å². The Hall–Kier alpha value is -2.65. The van der Waals surface area contributed by atoms with E-state index in [9.17, 15) is 13.6 Å². The zero-order valence-corrected chi connectivity index (χ0v) is 16.4. The Kier molecular flexibility index (Phi) is 4.63. The van der Waals surface area contributed by atoms with Crippen LogP contribution in [0.2, 0.25) is 0 Å². The molecule has 1 aliphatic heterocycles. The molecule has 9 heteroatoms. The zero-order valence-electron chi connectivity index (χ0n) is 15.5. The second-order valence-corrected chi connectivity index (χ2v) is 8.12. The molecule has 1 aromatic carbocycles. The summed E-state index contributed by atoms with van der Waals surface area (Å²) < 4.78 is 29.7. The first-order valence-corrected chi connectivity index (χ1v) is 10.4. The van der Waals surface area contributed by atoms with Crippen LogP contribution in [0.1, 0.15) is 30.4 Å². The molecule has 29 heavy (non-hydrogen) atoms. The van der Waals surface area contributed by atoms with Crippen LogP contribution in [0.5, 0.6) is 0 Å². The third-order valence-electron chi connectivity index (χ3n) is 5.38. The number of halogens is 2. The Labute approximate surface area is 169 Å². The minimum Gasteiger partial charge on any atom is -0.297 e. The number of aromatic nitrogens is 4. The van der Waals surface area contributed by atoms with Crippen LogP contribution in [0.4, 0.5) is 8.78 Å². The molecule has 0 N–H and O–H groups in total. The lowest BCUT2D eigenvalue weighted by molar-refractivity contribution is 0.120. The standard InChI is InChI=1S/C20H19F2N5OS/c21-17(22)12-27-18(24-15-5-2-1-4-14(15)19(27)28)16-6-3-7-25(16)10-13-11-26-8-9-29-20(26)23-13/h1-2,4-5,8-9,11,16-17H,3,6-7,10,12H2. The first-order valence-electron chi connectivity index (χ1n) is 9.53. The van der Waals surface area contributed by atoms with Crippen molar-refractivity contribution >= 4 is 27.2 Å². The summed E-state index contributed by atoms with van der Waals surface area (Å²) in [6.07, 6.45) is 3.02. The van der Waals surface area contributed by atoms with Gasteiger partial charge in [0, 0.05) is 24.3 Å². The second kappa shape index (κ2) is 7.31. The molecule has 0 spiro atoms. The van der Waals surface area contributed by atoms with Gasteiger partial charge in [0.1, 0.15) is 5.82 Å². The Morgan fingerprint density at radius 2 is 2.10 bits per heavy atom. The van der Waals surface area contributed by atoms with Gasteiger partial charge in [0.2, 0.25) is 0 Å². The van der Waals surface area contributed by atoms with Gasteiger partial charge in [0.25, 0.3) is 12.0 Å². The van der Waals surface area contributed by atoms with E-state index in [0.717, 1.165) is 30.0 Å². The van der Waals surface area contributed by atoms with E-state index in [0.29, 0.717) is 23.3 Å². The number of hydrogen-bond donors (Lipinski definition) is 0. The number of likely N-dealkylation sites (tertiary alicyclic amines) is 1. The molecule has 0 radical (unpaired) electrons. The number of hydrogen-bond acceptors (Lipinski definition) is 5. The van der Waals surface area contributed by atoms with Crippen LogP contribution in [0.15, 0.2) is 46.8 Å². The van der Waals surface area contributed by atoms with Crippen molar-refractivity contribution < 1.29 is 8.78 Å². The third-order valence-corrected chi connectivity index (χ3v) is 6.15. The minimum atomic E-state index is -2.62. The highest BCUT2D eigenvalue weighted by Gasteiger charge is 2.31. The van der Waals surface area contributed by atoms with E-state index in [1.807, 2.05) is 22.2 Å². The largest absolute Gasteiger partial charge is 0.297 e. The number of nitrogens with zero attached hydrogens (tertiary/aromatic N) is 5. The molecule has 150 valence electrons. The average Bonchev–Trinajstić information content (AvgIpc) is 3.40. The summed E-state index contributed by atoms with van der Waals surface area (Å²) in [6.45, 7) is 0.764. The highest BCUT2D eigenvalue weighted by molar-refractivity contribution is 7.15. The van der Waals surface area contributed by atoms with E-state index in [2.05, 4.69) is 14.9 Å². The number of benzene rings is 1. The number of fused-ring (bicyclic) bond motifs is 2. The smallest absolute Gasteiger partial charge is 0.261 e. The summed E-state index contributed by atoms with van der Waals surface area (Å²) in [5.41, 5.74) is 1.07. The number of rotatable bonds is 5. The van der Waals surface area contributed by atoms with Crippen molar-refractivity contribution in [3.63, 3.8) is 0 Å². The third kappa shape index (κ3) is 3.34. The van der Waals surface area contributed by atoms with Gasteiger partial charge in [-0.3, -0.25) is 18.7 Å². The molecule has 1 fully saturated rings. The summed E-state index contributed by atoms with van der Waals surface area (Å²) >= 11 is 1.57. The van der Waals surface area contributed by atoms with Crippen LogP contribution in [0.25, 0.3) is 15.9 Å². The lowest BCUT2D eigenvalue weighted by Crippen LogP contribution is -2.33. The van der Waals surface area contributed by atoms with Gasteiger partial charge in [0.15, 0.2) is 4.96 Å². The van der Waals surface area contributed by atoms with Gasteiger partial charge in [-0.05, 0) is 31.5 Å². The van der Waals surface area contributed by atoms with Crippen LogP contribution >= 0.6 is 11.3 Å². The molecule has 0 amide bonds. The molecule has 0 saturated carbocycles. The Balaban J connectivity index is 1.55. The summed E-state index contributed by atoms with van der Waals surface area (Å²) in [5.74, 6) is 0.424. The van der Waals surface area contributed by atoms with Crippen molar-refractivity contribution in [2.45, 2.75) is 38.4 Å². The van der Waals surface area contributed by atoms with Gasteiger partial charge in [0.05, 0.1) is 29.2 Å². The molecule has 1 aliphatic rings. The average molecular weight is 415 g/mol. The topological polar surface area (TPSA) is 55.4 Å². The molecule has 5 rings (SSSR count). The number of thiazole rings is 1. The minimum absolute atomic E-state index is 0.189. The molecule has 1 saturated heterocycles. The van der Waals surface area contributed by atoms with Gasteiger partial charge < -0.3 is 0 Å². The Morgan fingerprint density at radius 3 is 2.93 bits per heavy atom. The lowest BCUT2D eigenvalue weighted by atomic mass is 10.1. The molecule has 6 nitrogen and oxygen atoms in total. The van der Waals surface area contributed by atoms with Crippen LogP contribution in [-0.4, -0.2) is 36.8 Å². The first kappa shape index (κ1) is 18.4. The van der Waals surface area contributed by atoms with Gasteiger partial charge in [-0.1, -0.05) is 12.1 Å². The molecule has 4 heterocycles. The van der Waals surface area contributed by atoms with Gasteiger partial charge >= 0.3 is 0 Å². The van der Waals surface area contributed by atoms with Crippen LogP contribution in [0, 0.1) is 0 Å². The molecular formula is C20H19F2N5OS. The molecule has 0 aliphatic carbocycles. The van der Waals surface area contributed by atoms with Crippen molar-refractivity contribution in [3.05, 3.63) is 63.9 Å². The van der Waals surface area contributed by atoms with E-state index >= 15 is 0 Å². The maximum atomic E-state index is 13.3. The van der Waals surface area contributed by atoms with Crippen LogP contribution in [-0.2, 0) is 13.1 Å². The SMILES string of the molecule is O=c1c2ccccc2nc(C2CCCN2Cc2cn3ccsc3n2)n1CC(F)F.